The van der Waals surface area contributed by atoms with Gasteiger partial charge in [-0.1, -0.05) is 44.2 Å². The van der Waals surface area contributed by atoms with E-state index in [2.05, 4.69) is 34.5 Å². The molecule has 2 aliphatic heterocycles. The first kappa shape index (κ1) is 18.5. The predicted octanol–water partition coefficient (Wildman–Crippen LogP) is 2.13. The van der Waals surface area contributed by atoms with Gasteiger partial charge in [-0.25, -0.2) is 0 Å². The highest BCUT2D eigenvalue weighted by Crippen LogP contribution is 2.45. The third-order valence-corrected chi connectivity index (χ3v) is 6.36. The van der Waals surface area contributed by atoms with Crippen molar-refractivity contribution in [1.29, 1.82) is 0 Å². The largest absolute Gasteiger partial charge is 0.356 e. The van der Waals surface area contributed by atoms with Gasteiger partial charge in [0, 0.05) is 50.6 Å². The molecule has 2 heterocycles. The van der Waals surface area contributed by atoms with Gasteiger partial charge in [-0.3, -0.25) is 14.5 Å². The Kier molecular flexibility index (Phi) is 4.97. The standard InChI is InChI=1S/C22H31N3O2/c1-16(2)21(27)25-14-22(15-25)13-24(11-18-6-4-3-5-7-18)12-19(22)20(26)23-10-17-8-9-17/h3-7,16-17,19H,8-15H2,1-2H3,(H,23,26). The van der Waals surface area contributed by atoms with Crippen molar-refractivity contribution in [2.75, 3.05) is 32.7 Å². The highest BCUT2D eigenvalue weighted by atomic mass is 16.2. The molecule has 1 aromatic carbocycles. The van der Waals surface area contributed by atoms with Crippen LogP contribution in [0.2, 0.25) is 0 Å². The van der Waals surface area contributed by atoms with Crippen molar-refractivity contribution in [3.63, 3.8) is 0 Å². The zero-order valence-corrected chi connectivity index (χ0v) is 16.5. The van der Waals surface area contributed by atoms with Crippen LogP contribution in [-0.2, 0) is 16.1 Å². The number of hydrogen-bond donors (Lipinski definition) is 1. The van der Waals surface area contributed by atoms with Gasteiger partial charge in [-0.2, -0.15) is 0 Å². The summed E-state index contributed by atoms with van der Waals surface area (Å²) in [6.07, 6.45) is 2.49. The Hall–Kier alpha value is -1.88. The van der Waals surface area contributed by atoms with Gasteiger partial charge >= 0.3 is 0 Å². The third-order valence-electron chi connectivity index (χ3n) is 6.36. The molecule has 1 saturated carbocycles. The summed E-state index contributed by atoms with van der Waals surface area (Å²) < 4.78 is 0. The molecule has 0 aromatic heterocycles. The molecule has 4 rings (SSSR count). The topological polar surface area (TPSA) is 52.7 Å². The maximum Gasteiger partial charge on any atom is 0.225 e. The lowest BCUT2D eigenvalue weighted by Crippen LogP contribution is -2.64. The second kappa shape index (κ2) is 7.27. The summed E-state index contributed by atoms with van der Waals surface area (Å²) in [7, 11) is 0. The van der Waals surface area contributed by atoms with Gasteiger partial charge in [0.2, 0.25) is 11.8 Å². The maximum atomic E-state index is 13.0. The van der Waals surface area contributed by atoms with Crippen LogP contribution in [0.15, 0.2) is 30.3 Å². The summed E-state index contributed by atoms with van der Waals surface area (Å²) in [4.78, 5) is 29.6. The van der Waals surface area contributed by atoms with Gasteiger partial charge in [-0.15, -0.1) is 0 Å². The molecule has 3 fully saturated rings. The number of amides is 2. The van der Waals surface area contributed by atoms with Gasteiger partial charge in [0.15, 0.2) is 0 Å². The number of carbonyl (C=O) groups excluding carboxylic acids is 2. The molecule has 1 aliphatic carbocycles. The molecule has 1 aromatic rings. The molecule has 1 unspecified atom stereocenters. The first-order valence-corrected chi connectivity index (χ1v) is 10.3. The number of likely N-dealkylation sites (tertiary alicyclic amines) is 2. The molecule has 0 radical (unpaired) electrons. The van der Waals surface area contributed by atoms with Gasteiger partial charge in [0.25, 0.3) is 0 Å². The summed E-state index contributed by atoms with van der Waals surface area (Å²) in [5.41, 5.74) is 1.20. The minimum atomic E-state index is -0.0764. The van der Waals surface area contributed by atoms with E-state index in [-0.39, 0.29) is 29.1 Å². The van der Waals surface area contributed by atoms with E-state index >= 15 is 0 Å². The van der Waals surface area contributed by atoms with Crippen LogP contribution in [-0.4, -0.2) is 54.3 Å². The Balaban J connectivity index is 1.44. The van der Waals surface area contributed by atoms with Crippen LogP contribution < -0.4 is 5.32 Å². The Morgan fingerprint density at radius 3 is 2.48 bits per heavy atom. The van der Waals surface area contributed by atoms with Gasteiger partial charge in [-0.05, 0) is 24.3 Å². The summed E-state index contributed by atoms with van der Waals surface area (Å²) in [6, 6.07) is 10.4. The molecule has 1 spiro atoms. The zero-order valence-electron chi connectivity index (χ0n) is 16.5. The first-order valence-electron chi connectivity index (χ1n) is 10.3. The monoisotopic (exact) mass is 369 g/mol. The molecule has 0 bridgehead atoms. The van der Waals surface area contributed by atoms with Crippen LogP contribution in [0.25, 0.3) is 0 Å². The van der Waals surface area contributed by atoms with Crippen LogP contribution in [0.3, 0.4) is 0 Å². The summed E-state index contributed by atoms with van der Waals surface area (Å²) in [5, 5.41) is 3.19. The number of benzene rings is 1. The highest BCUT2D eigenvalue weighted by Gasteiger charge is 2.57. The molecule has 5 nitrogen and oxygen atoms in total. The average molecular weight is 370 g/mol. The lowest BCUT2D eigenvalue weighted by atomic mass is 9.70. The van der Waals surface area contributed by atoms with Crippen LogP contribution >= 0.6 is 0 Å². The Morgan fingerprint density at radius 2 is 1.85 bits per heavy atom. The van der Waals surface area contributed by atoms with Crippen molar-refractivity contribution < 1.29 is 9.59 Å². The van der Waals surface area contributed by atoms with E-state index in [0.29, 0.717) is 5.92 Å². The summed E-state index contributed by atoms with van der Waals surface area (Å²) in [5.74, 6) is 1.09. The van der Waals surface area contributed by atoms with Gasteiger partial charge in [0.1, 0.15) is 0 Å². The Labute approximate surface area is 162 Å². The van der Waals surface area contributed by atoms with E-state index in [0.717, 1.165) is 39.3 Å². The number of hydrogen-bond acceptors (Lipinski definition) is 3. The number of carbonyl (C=O) groups is 2. The van der Waals surface area contributed by atoms with E-state index in [4.69, 9.17) is 0 Å². The molecule has 5 heteroatoms. The quantitative estimate of drug-likeness (QED) is 0.836. The van der Waals surface area contributed by atoms with Crippen LogP contribution in [0.4, 0.5) is 0 Å². The van der Waals surface area contributed by atoms with Crippen molar-refractivity contribution in [3.05, 3.63) is 35.9 Å². The van der Waals surface area contributed by atoms with E-state index in [1.54, 1.807) is 0 Å². The van der Waals surface area contributed by atoms with Crippen molar-refractivity contribution in [2.24, 2.45) is 23.2 Å². The van der Waals surface area contributed by atoms with E-state index < -0.39 is 0 Å². The predicted molar refractivity (Wildman–Crippen MR) is 105 cm³/mol. The van der Waals surface area contributed by atoms with Gasteiger partial charge < -0.3 is 10.2 Å². The fourth-order valence-corrected chi connectivity index (χ4v) is 4.64. The second-order valence-corrected chi connectivity index (χ2v) is 9.11. The lowest BCUT2D eigenvalue weighted by molar-refractivity contribution is -0.152. The van der Waals surface area contributed by atoms with Crippen molar-refractivity contribution >= 4 is 11.8 Å². The van der Waals surface area contributed by atoms with E-state index in [1.165, 1.54) is 18.4 Å². The van der Waals surface area contributed by atoms with Crippen molar-refractivity contribution in [1.82, 2.24) is 15.1 Å². The van der Waals surface area contributed by atoms with Crippen molar-refractivity contribution in [2.45, 2.75) is 33.2 Å². The molecule has 27 heavy (non-hydrogen) atoms. The molecule has 1 atom stereocenters. The molecule has 1 N–H and O–H groups in total. The molecule has 146 valence electrons. The smallest absolute Gasteiger partial charge is 0.225 e. The van der Waals surface area contributed by atoms with Crippen LogP contribution in [0, 0.1) is 23.2 Å². The maximum absolute atomic E-state index is 13.0. The Morgan fingerprint density at radius 1 is 1.15 bits per heavy atom. The first-order chi connectivity index (χ1) is 13.0. The molecular formula is C22H31N3O2. The number of rotatable bonds is 6. The average Bonchev–Trinajstić information content (AvgIpc) is 3.38. The molecule has 3 aliphatic rings. The number of nitrogens with one attached hydrogen (secondary N) is 1. The van der Waals surface area contributed by atoms with Gasteiger partial charge in [0.05, 0.1) is 5.92 Å². The van der Waals surface area contributed by atoms with Crippen LogP contribution in [0.1, 0.15) is 32.3 Å². The molecular weight excluding hydrogens is 338 g/mol. The summed E-state index contributed by atoms with van der Waals surface area (Å²) >= 11 is 0. The minimum Gasteiger partial charge on any atom is -0.356 e. The lowest BCUT2D eigenvalue weighted by Gasteiger charge is -2.51. The minimum absolute atomic E-state index is 0.0174. The third kappa shape index (κ3) is 3.88. The summed E-state index contributed by atoms with van der Waals surface area (Å²) in [6.45, 7) is 8.70. The highest BCUT2D eigenvalue weighted by molar-refractivity contribution is 5.83. The van der Waals surface area contributed by atoms with Crippen LogP contribution in [0.5, 0.6) is 0 Å². The van der Waals surface area contributed by atoms with E-state index in [1.807, 2.05) is 24.8 Å². The zero-order chi connectivity index (χ0) is 19.0. The molecule has 2 amide bonds. The van der Waals surface area contributed by atoms with E-state index in [9.17, 15) is 9.59 Å². The molecule has 2 saturated heterocycles. The fraction of sp³-hybridized carbons (Fsp3) is 0.636. The number of nitrogens with zero attached hydrogens (tertiary/aromatic N) is 2. The fourth-order valence-electron chi connectivity index (χ4n) is 4.64. The van der Waals surface area contributed by atoms with Crippen molar-refractivity contribution in [3.8, 4) is 0 Å². The normalized spacial score (nSPS) is 24.3. The SMILES string of the molecule is CC(C)C(=O)N1CC2(CN(Cc3ccccc3)CC2C(=O)NCC2CC2)C1. The Bertz CT molecular complexity index is 693. The second-order valence-electron chi connectivity index (χ2n) is 9.11.